The van der Waals surface area contributed by atoms with Gasteiger partial charge in [-0.1, -0.05) is 149 Å². The molecular weight excluding hydrogens is 761 g/mol. The molecule has 0 unspecified atom stereocenters. The van der Waals surface area contributed by atoms with Crippen LogP contribution in [0.15, 0.2) is 121 Å². The minimum Gasteiger partial charge on any atom is -0.491 e. The number of esters is 1. The third kappa shape index (κ3) is 12.3. The summed E-state index contributed by atoms with van der Waals surface area (Å²) in [5.41, 5.74) is 2.10. The molecule has 0 spiro atoms. The Morgan fingerprint density at radius 1 is 0.517 bits per heavy atom. The number of ether oxygens (including phenoxy) is 3. The lowest BCUT2D eigenvalue weighted by Gasteiger charge is -2.25. The number of nitrogens with zero attached hydrogens (tertiary/aromatic N) is 4. The lowest BCUT2D eigenvalue weighted by molar-refractivity contribution is 0.00561. The van der Waals surface area contributed by atoms with Gasteiger partial charge in [-0.3, -0.25) is 0 Å². The van der Waals surface area contributed by atoms with Crippen LogP contribution < -0.4 is 9.47 Å². The minimum atomic E-state index is -1.28. The number of aromatic nitrogens is 4. The zero-order valence-electron chi connectivity index (χ0n) is 35.0. The van der Waals surface area contributed by atoms with Crippen LogP contribution in [-0.4, -0.2) is 52.8 Å². The summed E-state index contributed by atoms with van der Waals surface area (Å²) in [7, 11) is 0. The summed E-state index contributed by atoms with van der Waals surface area (Å²) in [5.74, 6) is -2.52. The highest BCUT2D eigenvalue weighted by molar-refractivity contribution is 5.91. The molecule has 4 aromatic carbocycles. The van der Waals surface area contributed by atoms with Crippen molar-refractivity contribution in [3.63, 3.8) is 0 Å². The summed E-state index contributed by atoms with van der Waals surface area (Å²) in [6.07, 6.45) is 0.781. The minimum absolute atomic E-state index is 0.0793. The third-order valence-corrected chi connectivity index (χ3v) is 9.35. The van der Waals surface area contributed by atoms with Crippen molar-refractivity contribution < 1.29 is 39.1 Å². The second-order valence-corrected chi connectivity index (χ2v) is 16.5. The molecule has 0 aliphatic carbocycles. The molecule has 3 N–H and O–H groups in total. The Kier molecular flexibility index (Phi) is 14.2. The summed E-state index contributed by atoms with van der Waals surface area (Å²) in [6.45, 7) is 13.7. The van der Waals surface area contributed by atoms with Crippen molar-refractivity contribution in [2.24, 2.45) is 0 Å². The molecule has 0 saturated carbocycles. The molecule has 2 aromatic heterocycles. The van der Waals surface area contributed by atoms with Crippen molar-refractivity contribution >= 4 is 11.9 Å². The average Bonchev–Trinajstić information content (AvgIpc) is 3.20. The maximum Gasteiger partial charge on any atom is 0.361 e. The van der Waals surface area contributed by atoms with E-state index in [0.29, 0.717) is 18.7 Å². The molecule has 0 radical (unpaired) electrons. The number of hydrogen-bond donors (Lipinski definition) is 3. The van der Waals surface area contributed by atoms with Gasteiger partial charge in [0.15, 0.2) is 11.4 Å². The summed E-state index contributed by atoms with van der Waals surface area (Å²) in [6, 6.07) is 38.5. The van der Waals surface area contributed by atoms with Gasteiger partial charge in [0.05, 0.1) is 0 Å². The Bertz CT molecular complexity index is 2350. The number of aromatic carboxylic acids is 1. The molecule has 0 aliphatic heterocycles. The summed E-state index contributed by atoms with van der Waals surface area (Å²) in [4.78, 5) is 41.6. The van der Waals surface area contributed by atoms with Gasteiger partial charge < -0.3 is 29.5 Å². The first kappa shape index (κ1) is 44.3. The van der Waals surface area contributed by atoms with Crippen LogP contribution in [0.4, 0.5) is 0 Å². The van der Waals surface area contributed by atoms with Crippen LogP contribution in [0.5, 0.6) is 23.3 Å². The first-order valence-corrected chi connectivity index (χ1v) is 19.5. The molecule has 312 valence electrons. The fourth-order valence-electron chi connectivity index (χ4n) is 6.23. The summed E-state index contributed by atoms with van der Waals surface area (Å²) in [5, 5.41) is 30.6. The number of hydrogen-bond acceptors (Lipinski definition) is 11. The van der Waals surface area contributed by atoms with Gasteiger partial charge in [0.25, 0.3) is 11.8 Å². The van der Waals surface area contributed by atoms with E-state index in [-0.39, 0.29) is 58.6 Å². The van der Waals surface area contributed by atoms with Gasteiger partial charge in [-0.05, 0) is 53.9 Å². The molecular formula is C48H52N4O8. The van der Waals surface area contributed by atoms with E-state index < -0.39 is 23.4 Å². The molecule has 2 heterocycles. The van der Waals surface area contributed by atoms with E-state index >= 15 is 0 Å². The third-order valence-electron chi connectivity index (χ3n) is 9.35. The van der Waals surface area contributed by atoms with E-state index in [1.165, 1.54) is 0 Å². The van der Waals surface area contributed by atoms with Crippen molar-refractivity contribution in [3.8, 4) is 23.3 Å². The second kappa shape index (κ2) is 19.3. The number of carbonyl (C=O) groups excluding carboxylic acids is 1. The molecule has 12 heteroatoms. The lowest BCUT2D eigenvalue weighted by Crippen LogP contribution is -2.26. The maximum absolute atomic E-state index is 12.9. The highest BCUT2D eigenvalue weighted by Gasteiger charge is 2.30. The quantitative estimate of drug-likeness (QED) is 0.0891. The largest absolute Gasteiger partial charge is 0.491 e. The first-order valence-electron chi connectivity index (χ1n) is 19.5. The molecule has 6 aromatic rings. The molecule has 0 fully saturated rings. The standard InChI is InChI=1S/C26H30N2O4.C22H22N2O4/c1-25(2,3)32-24(30)21-22(31-17-18-12-8-6-9-13-18)23(29)28-20(27-21)16-26(4,5)19-14-10-7-11-15-19;1-22(2,16-11-7-4-8-12-16)13-17-23-18(21(26)27)19(20(25)24-17)28-14-15-9-5-3-6-10-15/h6-15H,16-17H2,1-5H3,(H,27,28,29);3-12H,13-14H2,1-2H3,(H,26,27)(H,23,24,25). The van der Waals surface area contributed by atoms with Crippen LogP contribution in [0.3, 0.4) is 0 Å². The number of carboxylic acid groups (broad SMARTS) is 1. The number of aromatic hydroxyl groups is 2. The zero-order chi connectivity index (χ0) is 43.5. The van der Waals surface area contributed by atoms with Gasteiger partial charge in [0, 0.05) is 12.8 Å². The Morgan fingerprint density at radius 2 is 0.867 bits per heavy atom. The first-order chi connectivity index (χ1) is 28.4. The van der Waals surface area contributed by atoms with Gasteiger partial charge in [-0.2, -0.15) is 9.97 Å². The highest BCUT2D eigenvalue weighted by Crippen LogP contribution is 2.34. The van der Waals surface area contributed by atoms with Crippen molar-refractivity contribution in [1.29, 1.82) is 0 Å². The molecule has 0 aliphatic rings. The SMILES string of the molecule is CC(C)(C)OC(=O)c1nc(CC(C)(C)c2ccccc2)nc(O)c1OCc1ccccc1.CC(C)(Cc1nc(O)c(OCc2ccccc2)c(C(=O)O)n1)c1ccccc1. The molecule has 60 heavy (non-hydrogen) atoms. The topological polar surface area (TPSA) is 174 Å². The fourth-order valence-corrected chi connectivity index (χ4v) is 6.23. The van der Waals surface area contributed by atoms with E-state index in [4.69, 9.17) is 14.2 Å². The van der Waals surface area contributed by atoms with Crippen molar-refractivity contribution in [3.05, 3.63) is 167 Å². The predicted molar refractivity (Wildman–Crippen MR) is 227 cm³/mol. The van der Waals surface area contributed by atoms with Crippen LogP contribution >= 0.6 is 0 Å². The van der Waals surface area contributed by atoms with E-state index in [1.54, 1.807) is 20.8 Å². The number of carboxylic acids is 1. The molecule has 6 rings (SSSR count). The van der Waals surface area contributed by atoms with Crippen molar-refractivity contribution in [1.82, 2.24) is 19.9 Å². The van der Waals surface area contributed by atoms with Gasteiger partial charge in [0.2, 0.25) is 11.5 Å². The average molecular weight is 813 g/mol. The molecule has 0 bridgehead atoms. The highest BCUT2D eigenvalue weighted by atomic mass is 16.6. The van der Waals surface area contributed by atoms with Gasteiger partial charge in [-0.15, -0.1) is 0 Å². The fraction of sp³-hybridized carbons (Fsp3) is 0.292. The molecule has 12 nitrogen and oxygen atoms in total. The van der Waals surface area contributed by atoms with Crippen LogP contribution in [0.2, 0.25) is 0 Å². The normalized spacial score (nSPS) is 11.5. The van der Waals surface area contributed by atoms with Crippen LogP contribution in [0.1, 0.15) is 103 Å². The summed E-state index contributed by atoms with van der Waals surface area (Å²) < 4.78 is 16.8. The molecule has 0 atom stereocenters. The Balaban J connectivity index is 0.000000230. The van der Waals surface area contributed by atoms with E-state index in [0.717, 1.165) is 22.3 Å². The Morgan fingerprint density at radius 3 is 1.23 bits per heavy atom. The smallest absolute Gasteiger partial charge is 0.361 e. The van der Waals surface area contributed by atoms with Gasteiger partial charge in [-0.25, -0.2) is 19.6 Å². The van der Waals surface area contributed by atoms with Crippen LogP contribution in [0, 0.1) is 0 Å². The van der Waals surface area contributed by atoms with Crippen LogP contribution in [0.25, 0.3) is 0 Å². The predicted octanol–water partition coefficient (Wildman–Crippen LogP) is 9.22. The molecule has 0 saturated heterocycles. The van der Waals surface area contributed by atoms with Gasteiger partial charge in [0.1, 0.15) is 30.5 Å². The van der Waals surface area contributed by atoms with E-state index in [9.17, 15) is 24.9 Å². The Hall–Kier alpha value is -6.82. The van der Waals surface area contributed by atoms with E-state index in [2.05, 4.69) is 33.8 Å². The van der Waals surface area contributed by atoms with Crippen molar-refractivity contribution in [2.45, 2.75) is 91.0 Å². The van der Waals surface area contributed by atoms with Crippen molar-refractivity contribution in [2.75, 3.05) is 0 Å². The van der Waals surface area contributed by atoms with Gasteiger partial charge >= 0.3 is 11.9 Å². The lowest BCUT2D eigenvalue weighted by atomic mass is 9.81. The number of carbonyl (C=O) groups is 2. The number of rotatable bonds is 14. The summed E-state index contributed by atoms with van der Waals surface area (Å²) >= 11 is 0. The Labute approximate surface area is 350 Å². The second-order valence-electron chi connectivity index (χ2n) is 16.5. The zero-order valence-corrected chi connectivity index (χ0v) is 35.0. The molecule has 0 amide bonds. The number of benzene rings is 4. The maximum atomic E-state index is 12.9. The van der Waals surface area contributed by atoms with E-state index in [1.807, 2.05) is 135 Å². The monoisotopic (exact) mass is 812 g/mol. The van der Waals surface area contributed by atoms with Crippen LogP contribution in [-0.2, 0) is 41.6 Å².